The average Bonchev–Trinajstić information content (AvgIpc) is 2.66. The standard InChI is InChI=1S/C21H21BrN2O/c1-4-14(2)24(3)21(25)19-13-16-7-5-6-8-18(16)20(23-19)15-9-11-17(22)12-10-15/h5-14H,4H2,1-3H3. The van der Waals surface area contributed by atoms with E-state index >= 15 is 0 Å². The molecular formula is C21H21BrN2O. The first-order valence-electron chi connectivity index (χ1n) is 8.44. The van der Waals surface area contributed by atoms with Crippen LogP contribution in [0.15, 0.2) is 59.1 Å². The summed E-state index contributed by atoms with van der Waals surface area (Å²) >= 11 is 3.47. The summed E-state index contributed by atoms with van der Waals surface area (Å²) in [5.41, 5.74) is 2.33. The maximum Gasteiger partial charge on any atom is 0.272 e. The molecule has 1 unspecified atom stereocenters. The van der Waals surface area contributed by atoms with Gasteiger partial charge in [0, 0.05) is 28.5 Å². The number of nitrogens with zero attached hydrogens (tertiary/aromatic N) is 2. The van der Waals surface area contributed by atoms with Gasteiger partial charge in [-0.25, -0.2) is 4.98 Å². The first-order valence-corrected chi connectivity index (χ1v) is 9.23. The minimum absolute atomic E-state index is 0.0431. The van der Waals surface area contributed by atoms with Gasteiger partial charge in [-0.15, -0.1) is 0 Å². The number of carbonyl (C=O) groups is 1. The molecule has 3 aromatic rings. The molecule has 0 aliphatic rings. The van der Waals surface area contributed by atoms with E-state index in [0.29, 0.717) is 5.69 Å². The van der Waals surface area contributed by atoms with E-state index in [4.69, 9.17) is 4.98 Å². The van der Waals surface area contributed by atoms with Gasteiger partial charge in [0.05, 0.1) is 5.69 Å². The van der Waals surface area contributed by atoms with Crippen LogP contribution >= 0.6 is 15.9 Å². The lowest BCUT2D eigenvalue weighted by atomic mass is 10.0. The van der Waals surface area contributed by atoms with Crippen LogP contribution in [0.25, 0.3) is 22.0 Å². The lowest BCUT2D eigenvalue weighted by Gasteiger charge is -2.23. The third-order valence-electron chi connectivity index (χ3n) is 4.65. The van der Waals surface area contributed by atoms with Crippen molar-refractivity contribution in [2.75, 3.05) is 7.05 Å². The molecule has 0 bridgehead atoms. The molecule has 128 valence electrons. The Morgan fingerprint density at radius 3 is 2.52 bits per heavy atom. The number of hydrogen-bond donors (Lipinski definition) is 0. The van der Waals surface area contributed by atoms with Gasteiger partial charge in [0.1, 0.15) is 5.69 Å². The third-order valence-corrected chi connectivity index (χ3v) is 5.18. The molecule has 3 rings (SSSR count). The van der Waals surface area contributed by atoms with Gasteiger partial charge < -0.3 is 4.90 Å². The Morgan fingerprint density at radius 2 is 1.84 bits per heavy atom. The summed E-state index contributed by atoms with van der Waals surface area (Å²) in [5.74, 6) is -0.0431. The molecule has 4 heteroatoms. The molecule has 0 aliphatic carbocycles. The Balaban J connectivity index is 2.16. The van der Waals surface area contributed by atoms with Gasteiger partial charge in [-0.05, 0) is 36.9 Å². The quantitative estimate of drug-likeness (QED) is 0.580. The SMILES string of the molecule is CCC(C)N(C)C(=O)c1cc2ccccc2c(-c2ccc(Br)cc2)n1. The van der Waals surface area contributed by atoms with E-state index in [1.54, 1.807) is 4.90 Å². The number of benzene rings is 2. The third kappa shape index (κ3) is 3.59. The first-order chi connectivity index (χ1) is 12.0. The van der Waals surface area contributed by atoms with E-state index in [9.17, 15) is 4.79 Å². The van der Waals surface area contributed by atoms with Gasteiger partial charge in [-0.2, -0.15) is 0 Å². The minimum atomic E-state index is -0.0431. The second-order valence-corrected chi connectivity index (χ2v) is 7.17. The fraction of sp³-hybridized carbons (Fsp3) is 0.238. The van der Waals surface area contributed by atoms with E-state index in [-0.39, 0.29) is 11.9 Å². The maximum absolute atomic E-state index is 12.9. The topological polar surface area (TPSA) is 33.2 Å². The second-order valence-electron chi connectivity index (χ2n) is 6.26. The highest BCUT2D eigenvalue weighted by molar-refractivity contribution is 9.10. The van der Waals surface area contributed by atoms with E-state index < -0.39 is 0 Å². The van der Waals surface area contributed by atoms with Crippen molar-refractivity contribution in [1.29, 1.82) is 0 Å². The van der Waals surface area contributed by atoms with E-state index in [1.807, 2.05) is 61.6 Å². The monoisotopic (exact) mass is 396 g/mol. The molecule has 0 saturated heterocycles. The maximum atomic E-state index is 12.9. The zero-order valence-corrected chi connectivity index (χ0v) is 16.2. The van der Waals surface area contributed by atoms with Crippen molar-refractivity contribution in [2.45, 2.75) is 26.3 Å². The molecule has 1 aromatic heterocycles. The van der Waals surface area contributed by atoms with E-state index in [1.165, 1.54) is 0 Å². The number of rotatable bonds is 4. The van der Waals surface area contributed by atoms with Crippen molar-refractivity contribution in [3.05, 3.63) is 64.8 Å². The Bertz CT molecular complexity index is 905. The molecule has 0 N–H and O–H groups in total. The lowest BCUT2D eigenvalue weighted by molar-refractivity contribution is 0.0735. The van der Waals surface area contributed by atoms with Crippen LogP contribution in [-0.4, -0.2) is 28.9 Å². The van der Waals surface area contributed by atoms with Crippen molar-refractivity contribution < 1.29 is 4.79 Å². The molecule has 2 aromatic carbocycles. The summed E-state index contributed by atoms with van der Waals surface area (Å²) < 4.78 is 1.02. The van der Waals surface area contributed by atoms with E-state index in [2.05, 4.69) is 29.8 Å². The molecular weight excluding hydrogens is 376 g/mol. The molecule has 3 nitrogen and oxygen atoms in total. The number of carbonyl (C=O) groups excluding carboxylic acids is 1. The van der Waals surface area contributed by atoms with Crippen LogP contribution in [0.3, 0.4) is 0 Å². The van der Waals surface area contributed by atoms with Gasteiger partial charge in [0.2, 0.25) is 0 Å². The highest BCUT2D eigenvalue weighted by Gasteiger charge is 2.19. The summed E-state index contributed by atoms with van der Waals surface area (Å²) in [6.07, 6.45) is 0.912. The zero-order chi connectivity index (χ0) is 18.0. The summed E-state index contributed by atoms with van der Waals surface area (Å²) in [7, 11) is 1.84. The molecule has 1 heterocycles. The van der Waals surface area contributed by atoms with Crippen molar-refractivity contribution in [3.63, 3.8) is 0 Å². The van der Waals surface area contributed by atoms with Gasteiger partial charge in [0.15, 0.2) is 0 Å². The van der Waals surface area contributed by atoms with Crippen LogP contribution < -0.4 is 0 Å². The Kier molecular flexibility index (Phi) is 5.19. The summed E-state index contributed by atoms with van der Waals surface area (Å²) in [5, 5.41) is 2.07. The highest BCUT2D eigenvalue weighted by Crippen LogP contribution is 2.29. The van der Waals surface area contributed by atoms with Crippen LogP contribution in [0.2, 0.25) is 0 Å². The molecule has 25 heavy (non-hydrogen) atoms. The molecule has 1 atom stereocenters. The summed E-state index contributed by atoms with van der Waals surface area (Å²) in [6, 6.07) is 18.1. The van der Waals surface area contributed by atoms with Gasteiger partial charge in [-0.1, -0.05) is 59.3 Å². The van der Waals surface area contributed by atoms with Crippen LogP contribution in [-0.2, 0) is 0 Å². The predicted molar refractivity (Wildman–Crippen MR) is 107 cm³/mol. The van der Waals surface area contributed by atoms with Crippen LogP contribution in [0, 0.1) is 0 Å². The normalized spacial score (nSPS) is 12.2. The highest BCUT2D eigenvalue weighted by atomic mass is 79.9. The average molecular weight is 397 g/mol. The number of amides is 1. The summed E-state index contributed by atoms with van der Waals surface area (Å²) in [6.45, 7) is 4.13. The van der Waals surface area contributed by atoms with Gasteiger partial charge in [-0.3, -0.25) is 4.79 Å². The Labute approximate surface area is 156 Å². The zero-order valence-electron chi connectivity index (χ0n) is 14.7. The fourth-order valence-corrected chi connectivity index (χ4v) is 3.06. The number of halogens is 1. The molecule has 1 amide bonds. The minimum Gasteiger partial charge on any atom is -0.338 e. The number of aromatic nitrogens is 1. The van der Waals surface area contributed by atoms with Crippen LogP contribution in [0.4, 0.5) is 0 Å². The molecule has 0 fully saturated rings. The van der Waals surface area contributed by atoms with Crippen LogP contribution in [0.5, 0.6) is 0 Å². The van der Waals surface area contributed by atoms with Crippen molar-refractivity contribution >= 4 is 32.6 Å². The Morgan fingerprint density at radius 1 is 1.16 bits per heavy atom. The fourth-order valence-electron chi connectivity index (χ4n) is 2.79. The first kappa shape index (κ1) is 17.6. The lowest BCUT2D eigenvalue weighted by Crippen LogP contribution is -2.35. The number of fused-ring (bicyclic) bond motifs is 1. The van der Waals surface area contributed by atoms with Crippen LogP contribution in [0.1, 0.15) is 30.8 Å². The van der Waals surface area contributed by atoms with Gasteiger partial charge in [0.25, 0.3) is 5.91 Å². The van der Waals surface area contributed by atoms with Gasteiger partial charge >= 0.3 is 0 Å². The molecule has 0 radical (unpaired) electrons. The van der Waals surface area contributed by atoms with Crippen molar-refractivity contribution in [3.8, 4) is 11.3 Å². The number of hydrogen-bond acceptors (Lipinski definition) is 2. The Hall–Kier alpha value is -2.20. The second kappa shape index (κ2) is 7.36. The predicted octanol–water partition coefficient (Wildman–Crippen LogP) is 5.53. The largest absolute Gasteiger partial charge is 0.338 e. The van der Waals surface area contributed by atoms with Crippen molar-refractivity contribution in [2.24, 2.45) is 0 Å². The number of pyridine rings is 1. The molecule has 0 aliphatic heterocycles. The summed E-state index contributed by atoms with van der Waals surface area (Å²) in [4.78, 5) is 19.4. The van der Waals surface area contributed by atoms with E-state index in [0.717, 1.165) is 32.9 Å². The van der Waals surface area contributed by atoms with Crippen molar-refractivity contribution in [1.82, 2.24) is 9.88 Å². The molecule has 0 spiro atoms. The molecule has 0 saturated carbocycles. The smallest absolute Gasteiger partial charge is 0.272 e.